The molecule has 28 heavy (non-hydrogen) atoms. The van der Waals surface area contributed by atoms with Gasteiger partial charge < -0.3 is 16.2 Å². The largest absolute Gasteiger partial charge is 0.469 e. The number of halogens is 3. The van der Waals surface area contributed by atoms with Gasteiger partial charge in [-0.2, -0.15) is 13.2 Å². The summed E-state index contributed by atoms with van der Waals surface area (Å²) in [4.78, 5) is 16.0. The van der Waals surface area contributed by atoms with Crippen molar-refractivity contribution in [2.75, 3.05) is 13.7 Å². The van der Waals surface area contributed by atoms with Crippen molar-refractivity contribution in [2.24, 2.45) is 22.4 Å². The highest BCUT2D eigenvalue weighted by Crippen LogP contribution is 2.31. The Balaban J connectivity index is 2.87. The maximum absolute atomic E-state index is 12.9. The molecule has 1 atom stereocenters. The Morgan fingerprint density at radius 1 is 1.32 bits per heavy atom. The normalized spacial score (nSPS) is 14.1. The predicted molar refractivity (Wildman–Crippen MR) is 104 cm³/mol. The van der Waals surface area contributed by atoms with Gasteiger partial charge in [0.15, 0.2) is 0 Å². The number of esters is 1. The van der Waals surface area contributed by atoms with E-state index in [1.807, 2.05) is 6.92 Å². The van der Waals surface area contributed by atoms with Crippen molar-refractivity contribution >= 4 is 17.4 Å². The Bertz CT molecular complexity index is 700. The van der Waals surface area contributed by atoms with Crippen molar-refractivity contribution in [3.63, 3.8) is 0 Å². The standard InChI is InChI=1S/C20H28F3N3O2/c1-3-14(19(27)28-2)7-4-5-9-18(12-16(25)13-24)26-17-10-6-8-15(11-17)20(21,22)23/h6,8,10-12,14H,3-5,7,9,13,24-25H2,1-2H3. The van der Waals surface area contributed by atoms with E-state index in [-0.39, 0.29) is 24.1 Å². The minimum Gasteiger partial charge on any atom is -0.469 e. The molecule has 8 heteroatoms. The molecule has 0 radical (unpaired) electrons. The Hall–Kier alpha value is -2.35. The fourth-order valence-corrected chi connectivity index (χ4v) is 2.70. The second-order valence-corrected chi connectivity index (χ2v) is 6.45. The van der Waals surface area contributed by atoms with Gasteiger partial charge in [-0.25, -0.2) is 0 Å². The van der Waals surface area contributed by atoms with E-state index in [0.717, 1.165) is 18.6 Å². The highest BCUT2D eigenvalue weighted by atomic mass is 19.4. The number of ether oxygens (including phenoxy) is 1. The molecule has 0 heterocycles. The summed E-state index contributed by atoms with van der Waals surface area (Å²) in [7, 11) is 1.37. The third-order valence-corrected chi connectivity index (χ3v) is 4.30. The van der Waals surface area contributed by atoms with Crippen LogP contribution in [0.3, 0.4) is 0 Å². The highest BCUT2D eigenvalue weighted by Gasteiger charge is 2.30. The summed E-state index contributed by atoms with van der Waals surface area (Å²) in [5, 5.41) is 0. The first-order valence-corrected chi connectivity index (χ1v) is 9.20. The van der Waals surface area contributed by atoms with Crippen LogP contribution in [0.25, 0.3) is 0 Å². The van der Waals surface area contributed by atoms with Gasteiger partial charge >= 0.3 is 12.1 Å². The molecule has 0 spiro atoms. The zero-order valence-electron chi connectivity index (χ0n) is 16.3. The first-order chi connectivity index (χ1) is 13.2. The molecule has 0 aliphatic rings. The van der Waals surface area contributed by atoms with E-state index in [2.05, 4.69) is 4.99 Å². The Morgan fingerprint density at radius 2 is 2.04 bits per heavy atom. The van der Waals surface area contributed by atoms with Crippen LogP contribution in [0.4, 0.5) is 18.9 Å². The maximum atomic E-state index is 12.9. The molecule has 1 unspecified atom stereocenters. The number of rotatable bonds is 10. The molecule has 1 aromatic rings. The maximum Gasteiger partial charge on any atom is 0.416 e. The summed E-state index contributed by atoms with van der Waals surface area (Å²) >= 11 is 0. The van der Waals surface area contributed by atoms with Gasteiger partial charge in [-0.05, 0) is 50.0 Å². The molecule has 0 amide bonds. The van der Waals surface area contributed by atoms with Crippen molar-refractivity contribution in [2.45, 2.75) is 45.2 Å². The molecule has 0 aliphatic heterocycles. The SMILES string of the molecule is CCC(CCCCC(C=C(N)CN)=Nc1cccc(C(F)(F)F)c1)C(=O)OC. The Morgan fingerprint density at radius 3 is 2.61 bits per heavy atom. The fraction of sp³-hybridized carbons (Fsp3) is 0.500. The van der Waals surface area contributed by atoms with Crippen molar-refractivity contribution in [1.29, 1.82) is 0 Å². The topological polar surface area (TPSA) is 90.7 Å². The highest BCUT2D eigenvalue weighted by molar-refractivity contribution is 5.97. The Labute approximate surface area is 163 Å². The van der Waals surface area contributed by atoms with Gasteiger partial charge in [0.2, 0.25) is 0 Å². The lowest BCUT2D eigenvalue weighted by Crippen LogP contribution is -2.15. The molecule has 4 N–H and O–H groups in total. The average molecular weight is 399 g/mol. The van der Waals surface area contributed by atoms with Gasteiger partial charge in [0.1, 0.15) is 0 Å². The number of carbonyl (C=O) groups is 1. The summed E-state index contributed by atoms with van der Waals surface area (Å²) in [5.74, 6) is -0.383. The van der Waals surface area contributed by atoms with E-state index >= 15 is 0 Å². The van der Waals surface area contributed by atoms with E-state index in [1.54, 1.807) is 6.08 Å². The number of alkyl halides is 3. The number of hydrogen-bond donors (Lipinski definition) is 2. The zero-order chi connectivity index (χ0) is 21.2. The number of nitrogens with zero attached hydrogens (tertiary/aromatic N) is 1. The molecule has 0 saturated carbocycles. The fourth-order valence-electron chi connectivity index (χ4n) is 2.70. The minimum atomic E-state index is -4.43. The summed E-state index contributed by atoms with van der Waals surface area (Å²) in [6, 6.07) is 4.82. The summed E-state index contributed by atoms with van der Waals surface area (Å²) in [6.45, 7) is 2.05. The molecule has 1 aromatic carbocycles. The van der Waals surface area contributed by atoms with Crippen LogP contribution in [-0.2, 0) is 15.7 Å². The van der Waals surface area contributed by atoms with Gasteiger partial charge in [0.05, 0.1) is 24.3 Å². The van der Waals surface area contributed by atoms with Gasteiger partial charge in [0, 0.05) is 18.0 Å². The van der Waals surface area contributed by atoms with Gasteiger partial charge in [-0.15, -0.1) is 0 Å². The lowest BCUT2D eigenvalue weighted by atomic mass is 9.98. The lowest BCUT2D eigenvalue weighted by Gasteiger charge is -2.12. The molecule has 0 saturated heterocycles. The van der Waals surface area contributed by atoms with Crippen LogP contribution in [0.1, 0.15) is 44.6 Å². The van der Waals surface area contributed by atoms with E-state index in [0.29, 0.717) is 37.1 Å². The number of aliphatic imine (C=N–C) groups is 1. The van der Waals surface area contributed by atoms with E-state index in [9.17, 15) is 18.0 Å². The molecule has 1 rings (SSSR count). The first-order valence-electron chi connectivity index (χ1n) is 9.20. The average Bonchev–Trinajstić information content (AvgIpc) is 2.66. The number of allylic oxidation sites excluding steroid dienone is 1. The van der Waals surface area contributed by atoms with Gasteiger partial charge in [0.25, 0.3) is 0 Å². The van der Waals surface area contributed by atoms with E-state index in [4.69, 9.17) is 16.2 Å². The molecule has 0 bridgehead atoms. The third kappa shape index (κ3) is 8.12. The minimum absolute atomic E-state index is 0.127. The smallest absolute Gasteiger partial charge is 0.416 e. The zero-order valence-corrected chi connectivity index (χ0v) is 16.3. The van der Waals surface area contributed by atoms with Crippen LogP contribution >= 0.6 is 0 Å². The predicted octanol–water partition coefficient (Wildman–Crippen LogP) is 4.34. The number of methoxy groups -OCH3 is 1. The van der Waals surface area contributed by atoms with Crippen LogP contribution in [0.2, 0.25) is 0 Å². The lowest BCUT2D eigenvalue weighted by molar-refractivity contribution is -0.145. The van der Waals surface area contributed by atoms with Crippen LogP contribution in [-0.4, -0.2) is 25.3 Å². The number of benzene rings is 1. The van der Waals surface area contributed by atoms with Crippen LogP contribution in [0.15, 0.2) is 41.0 Å². The van der Waals surface area contributed by atoms with Gasteiger partial charge in [-0.1, -0.05) is 19.4 Å². The quantitative estimate of drug-likeness (QED) is 0.348. The summed E-state index contributed by atoms with van der Waals surface area (Å²) in [6.07, 6.45) is 0.506. The second-order valence-electron chi connectivity index (χ2n) is 6.45. The van der Waals surface area contributed by atoms with Crippen molar-refractivity contribution in [3.05, 3.63) is 41.6 Å². The number of nitrogens with two attached hydrogens (primary N) is 2. The van der Waals surface area contributed by atoms with Crippen molar-refractivity contribution < 1.29 is 22.7 Å². The third-order valence-electron chi connectivity index (χ3n) is 4.30. The first kappa shape index (κ1) is 23.7. The molecular formula is C20H28F3N3O2. The molecule has 156 valence electrons. The second kappa shape index (κ2) is 11.5. The van der Waals surface area contributed by atoms with E-state index in [1.165, 1.54) is 19.2 Å². The number of unbranched alkanes of at least 4 members (excludes halogenated alkanes) is 1. The molecular weight excluding hydrogens is 371 g/mol. The van der Waals surface area contributed by atoms with Crippen molar-refractivity contribution in [1.82, 2.24) is 0 Å². The van der Waals surface area contributed by atoms with Crippen LogP contribution in [0, 0.1) is 5.92 Å². The number of carbonyl (C=O) groups excluding carboxylic acids is 1. The van der Waals surface area contributed by atoms with E-state index < -0.39 is 11.7 Å². The Kier molecular flexibility index (Phi) is 9.72. The molecule has 0 aromatic heterocycles. The van der Waals surface area contributed by atoms with Crippen LogP contribution < -0.4 is 11.5 Å². The molecule has 0 aliphatic carbocycles. The van der Waals surface area contributed by atoms with Crippen molar-refractivity contribution in [3.8, 4) is 0 Å². The summed E-state index contributed by atoms with van der Waals surface area (Å²) < 4.78 is 43.4. The van der Waals surface area contributed by atoms with Crippen LogP contribution in [0.5, 0.6) is 0 Å². The summed E-state index contributed by atoms with van der Waals surface area (Å²) in [5.41, 5.74) is 11.7. The monoisotopic (exact) mass is 399 g/mol. The van der Waals surface area contributed by atoms with Gasteiger partial charge in [-0.3, -0.25) is 9.79 Å². The molecule has 0 fully saturated rings. The molecule has 5 nitrogen and oxygen atoms in total. The number of hydrogen-bond acceptors (Lipinski definition) is 5.